The maximum absolute atomic E-state index is 11.7. The van der Waals surface area contributed by atoms with Gasteiger partial charge in [-0.05, 0) is 68.7 Å². The van der Waals surface area contributed by atoms with E-state index in [1.807, 2.05) is 30.8 Å². The van der Waals surface area contributed by atoms with Crippen LogP contribution in [0, 0.1) is 6.92 Å². The highest BCUT2D eigenvalue weighted by molar-refractivity contribution is 7.99. The molecule has 0 unspecified atom stereocenters. The Labute approximate surface area is 161 Å². The SMILES string of the molecule is CCOC(=O)c1ccc(C=Cc2ccc(SCC=C(C)C)cc2C)cc1. The van der Waals surface area contributed by atoms with E-state index >= 15 is 0 Å². The lowest BCUT2D eigenvalue weighted by molar-refractivity contribution is 0.0526. The highest BCUT2D eigenvalue weighted by Crippen LogP contribution is 2.23. The summed E-state index contributed by atoms with van der Waals surface area (Å²) in [5.41, 5.74) is 5.44. The van der Waals surface area contributed by atoms with Crippen LogP contribution in [-0.2, 0) is 4.74 Å². The molecule has 0 radical (unpaired) electrons. The molecule has 2 rings (SSSR count). The van der Waals surface area contributed by atoms with E-state index in [1.54, 1.807) is 12.1 Å². The zero-order chi connectivity index (χ0) is 18.9. The zero-order valence-electron chi connectivity index (χ0n) is 15.9. The van der Waals surface area contributed by atoms with Crippen molar-refractivity contribution in [2.45, 2.75) is 32.6 Å². The molecule has 0 heterocycles. The van der Waals surface area contributed by atoms with Gasteiger partial charge in [-0.15, -0.1) is 11.8 Å². The molecule has 0 aliphatic carbocycles. The first-order chi connectivity index (χ1) is 12.5. The van der Waals surface area contributed by atoms with Crippen molar-refractivity contribution < 1.29 is 9.53 Å². The molecule has 0 saturated carbocycles. The Balaban J connectivity index is 2.03. The van der Waals surface area contributed by atoms with E-state index < -0.39 is 0 Å². The molecule has 0 bridgehead atoms. The molecule has 0 fully saturated rings. The van der Waals surface area contributed by atoms with E-state index in [0.29, 0.717) is 12.2 Å². The summed E-state index contributed by atoms with van der Waals surface area (Å²) in [6, 6.07) is 14.0. The Kier molecular flexibility index (Phi) is 7.73. The minimum atomic E-state index is -0.278. The monoisotopic (exact) mass is 366 g/mol. The Morgan fingerprint density at radius 1 is 1.08 bits per heavy atom. The fourth-order valence-electron chi connectivity index (χ4n) is 2.36. The molecule has 26 heavy (non-hydrogen) atoms. The third kappa shape index (κ3) is 6.23. The molecule has 0 saturated heterocycles. The average molecular weight is 367 g/mol. The van der Waals surface area contributed by atoms with Gasteiger partial charge in [-0.25, -0.2) is 4.79 Å². The summed E-state index contributed by atoms with van der Waals surface area (Å²) in [7, 11) is 0. The fraction of sp³-hybridized carbons (Fsp3) is 0.261. The molecule has 136 valence electrons. The molecule has 0 spiro atoms. The molecule has 0 amide bonds. The van der Waals surface area contributed by atoms with Crippen molar-refractivity contribution in [3.05, 3.63) is 76.4 Å². The van der Waals surface area contributed by atoms with Crippen molar-refractivity contribution in [2.24, 2.45) is 0 Å². The zero-order valence-corrected chi connectivity index (χ0v) is 16.7. The second-order valence-corrected chi connectivity index (χ2v) is 7.38. The van der Waals surface area contributed by atoms with Crippen LogP contribution in [0.25, 0.3) is 12.2 Å². The molecule has 0 atom stereocenters. The lowest BCUT2D eigenvalue weighted by Gasteiger charge is -2.05. The minimum Gasteiger partial charge on any atom is -0.462 e. The second kappa shape index (κ2) is 10.0. The summed E-state index contributed by atoms with van der Waals surface area (Å²) in [4.78, 5) is 13.0. The summed E-state index contributed by atoms with van der Waals surface area (Å²) in [6.07, 6.45) is 6.42. The number of ether oxygens (including phenoxy) is 1. The van der Waals surface area contributed by atoms with E-state index in [4.69, 9.17) is 4.74 Å². The van der Waals surface area contributed by atoms with Crippen molar-refractivity contribution in [2.75, 3.05) is 12.4 Å². The van der Waals surface area contributed by atoms with Crippen LogP contribution in [0.4, 0.5) is 0 Å². The fourth-order valence-corrected chi connectivity index (χ4v) is 3.39. The Bertz CT molecular complexity index is 797. The van der Waals surface area contributed by atoms with Gasteiger partial charge in [-0.2, -0.15) is 0 Å². The maximum atomic E-state index is 11.7. The second-order valence-electron chi connectivity index (χ2n) is 6.29. The van der Waals surface area contributed by atoms with Crippen LogP contribution in [0.15, 0.2) is 59.0 Å². The lowest BCUT2D eigenvalue weighted by atomic mass is 10.1. The Morgan fingerprint density at radius 2 is 1.81 bits per heavy atom. The van der Waals surface area contributed by atoms with Gasteiger partial charge in [-0.1, -0.05) is 42.0 Å². The molecule has 0 N–H and O–H groups in total. The number of carbonyl (C=O) groups is 1. The van der Waals surface area contributed by atoms with Crippen molar-refractivity contribution in [3.8, 4) is 0 Å². The quantitative estimate of drug-likeness (QED) is 0.245. The summed E-state index contributed by atoms with van der Waals surface area (Å²) in [5.74, 6) is 0.726. The molecule has 0 aromatic heterocycles. The summed E-state index contributed by atoms with van der Waals surface area (Å²) >= 11 is 1.85. The number of aryl methyl sites for hydroxylation is 1. The first kappa shape index (κ1) is 20.1. The van der Waals surface area contributed by atoms with Gasteiger partial charge in [0, 0.05) is 10.6 Å². The smallest absolute Gasteiger partial charge is 0.338 e. The number of rotatable bonds is 7. The third-order valence-electron chi connectivity index (χ3n) is 3.86. The molecule has 3 heteroatoms. The van der Waals surface area contributed by atoms with Crippen molar-refractivity contribution in [1.82, 2.24) is 0 Å². The molecule has 2 nitrogen and oxygen atoms in total. The van der Waals surface area contributed by atoms with Crippen LogP contribution >= 0.6 is 11.8 Å². The van der Waals surface area contributed by atoms with Crippen molar-refractivity contribution in [1.29, 1.82) is 0 Å². The topological polar surface area (TPSA) is 26.3 Å². The highest BCUT2D eigenvalue weighted by Gasteiger charge is 2.04. The maximum Gasteiger partial charge on any atom is 0.338 e. The minimum absolute atomic E-state index is 0.278. The Morgan fingerprint density at radius 3 is 2.42 bits per heavy atom. The molecule has 2 aromatic rings. The van der Waals surface area contributed by atoms with Gasteiger partial charge < -0.3 is 4.74 Å². The molecular weight excluding hydrogens is 340 g/mol. The Hall–Kier alpha value is -2.26. The van der Waals surface area contributed by atoms with Gasteiger partial charge in [0.15, 0.2) is 0 Å². The van der Waals surface area contributed by atoms with Crippen LogP contribution in [0.3, 0.4) is 0 Å². The van der Waals surface area contributed by atoms with Crippen LogP contribution in [-0.4, -0.2) is 18.3 Å². The first-order valence-corrected chi connectivity index (χ1v) is 9.80. The predicted molar refractivity (Wildman–Crippen MR) is 113 cm³/mol. The average Bonchev–Trinajstić information content (AvgIpc) is 2.61. The van der Waals surface area contributed by atoms with Crippen LogP contribution in [0.2, 0.25) is 0 Å². The van der Waals surface area contributed by atoms with Gasteiger partial charge in [0.2, 0.25) is 0 Å². The van der Waals surface area contributed by atoms with Gasteiger partial charge in [-0.3, -0.25) is 0 Å². The van der Waals surface area contributed by atoms with Gasteiger partial charge in [0.25, 0.3) is 0 Å². The van der Waals surface area contributed by atoms with E-state index in [9.17, 15) is 4.79 Å². The van der Waals surface area contributed by atoms with E-state index in [0.717, 1.165) is 11.3 Å². The lowest BCUT2D eigenvalue weighted by Crippen LogP contribution is -2.03. The number of allylic oxidation sites excluding steroid dienone is 1. The third-order valence-corrected chi connectivity index (χ3v) is 4.78. The molecule has 2 aromatic carbocycles. The van der Waals surface area contributed by atoms with E-state index in [1.165, 1.54) is 21.6 Å². The van der Waals surface area contributed by atoms with Gasteiger partial charge >= 0.3 is 5.97 Å². The van der Waals surface area contributed by atoms with Crippen molar-refractivity contribution in [3.63, 3.8) is 0 Å². The van der Waals surface area contributed by atoms with E-state index in [2.05, 4.69) is 57.2 Å². The molecule has 0 aliphatic heterocycles. The standard InChI is InChI=1S/C23H26O2S/c1-5-25-23(24)21-10-7-19(8-11-21)6-9-20-12-13-22(16-18(20)4)26-15-14-17(2)3/h6-14,16H,5,15H2,1-4H3. The molecular formula is C23H26O2S. The van der Waals surface area contributed by atoms with Gasteiger partial charge in [0.1, 0.15) is 0 Å². The van der Waals surface area contributed by atoms with Crippen molar-refractivity contribution >= 4 is 29.9 Å². The number of hydrogen-bond donors (Lipinski definition) is 0. The summed E-state index contributed by atoms with van der Waals surface area (Å²) < 4.78 is 5.00. The summed E-state index contributed by atoms with van der Waals surface area (Å²) in [5, 5.41) is 0. The predicted octanol–water partition coefficient (Wildman–Crippen LogP) is 6.40. The van der Waals surface area contributed by atoms with Crippen LogP contribution < -0.4 is 0 Å². The number of esters is 1. The van der Waals surface area contributed by atoms with Gasteiger partial charge in [0.05, 0.1) is 12.2 Å². The van der Waals surface area contributed by atoms with Crippen LogP contribution in [0.1, 0.15) is 47.8 Å². The van der Waals surface area contributed by atoms with E-state index in [-0.39, 0.29) is 5.97 Å². The largest absolute Gasteiger partial charge is 0.462 e. The first-order valence-electron chi connectivity index (χ1n) is 8.81. The highest BCUT2D eigenvalue weighted by atomic mass is 32.2. The normalized spacial score (nSPS) is 10.8. The number of thioether (sulfide) groups is 1. The number of benzene rings is 2. The number of hydrogen-bond acceptors (Lipinski definition) is 3. The summed E-state index contributed by atoms with van der Waals surface area (Å²) in [6.45, 7) is 8.58. The van der Waals surface area contributed by atoms with Crippen LogP contribution in [0.5, 0.6) is 0 Å². The molecule has 0 aliphatic rings. The number of carbonyl (C=O) groups excluding carboxylic acids is 1.